The summed E-state index contributed by atoms with van der Waals surface area (Å²) >= 11 is 6.17. The first-order valence-electron chi connectivity index (χ1n) is 9.27. The van der Waals surface area contributed by atoms with Crippen LogP contribution in [0.15, 0.2) is 42.5 Å². The van der Waals surface area contributed by atoms with Gasteiger partial charge in [0.25, 0.3) is 5.91 Å². The minimum Gasteiger partial charge on any atom is -0.351 e. The molecule has 7 heteroatoms. The van der Waals surface area contributed by atoms with Gasteiger partial charge in [0.1, 0.15) is 11.5 Å². The number of fused-ring (bicyclic) bond motifs is 1. The van der Waals surface area contributed by atoms with Gasteiger partial charge in [0, 0.05) is 38.0 Å². The Balaban J connectivity index is 1.48. The molecular formula is C21H21ClFN3O2. The van der Waals surface area contributed by atoms with Crippen LogP contribution < -0.4 is 10.2 Å². The fourth-order valence-electron chi connectivity index (χ4n) is 4.08. The highest BCUT2D eigenvalue weighted by atomic mass is 35.5. The number of nitrogens with one attached hydrogen (secondary N) is 1. The fourth-order valence-corrected chi connectivity index (χ4v) is 4.28. The quantitative estimate of drug-likeness (QED) is 0.840. The summed E-state index contributed by atoms with van der Waals surface area (Å²) in [7, 11) is 1.90. The molecule has 1 fully saturated rings. The number of carbonyl (C=O) groups excluding carboxylic acids is 2. The van der Waals surface area contributed by atoms with Gasteiger partial charge in [0.15, 0.2) is 0 Å². The highest BCUT2D eigenvalue weighted by Gasteiger charge is 2.44. The third-order valence-corrected chi connectivity index (χ3v) is 6.16. The van der Waals surface area contributed by atoms with Gasteiger partial charge >= 0.3 is 0 Å². The number of hydrogen-bond acceptors (Lipinski definition) is 3. The molecule has 2 aliphatic rings. The Morgan fingerprint density at radius 3 is 2.64 bits per heavy atom. The lowest BCUT2D eigenvalue weighted by atomic mass is 9.90. The molecule has 0 bridgehead atoms. The predicted octanol–water partition coefficient (Wildman–Crippen LogP) is 3.22. The number of likely N-dealkylation sites (tertiary alicyclic amines) is 1. The topological polar surface area (TPSA) is 52.7 Å². The van der Waals surface area contributed by atoms with E-state index in [9.17, 15) is 14.0 Å². The molecule has 1 saturated heterocycles. The van der Waals surface area contributed by atoms with E-state index in [1.54, 1.807) is 12.1 Å². The Morgan fingerprint density at radius 2 is 1.93 bits per heavy atom. The summed E-state index contributed by atoms with van der Waals surface area (Å²) in [6.45, 7) is 1.06. The van der Waals surface area contributed by atoms with Gasteiger partial charge in [-0.2, -0.15) is 0 Å². The van der Waals surface area contributed by atoms with Crippen LogP contribution in [0.2, 0.25) is 5.02 Å². The first-order chi connectivity index (χ1) is 13.4. The average Bonchev–Trinajstić information content (AvgIpc) is 2.68. The van der Waals surface area contributed by atoms with Crippen molar-refractivity contribution in [2.24, 2.45) is 0 Å². The van der Waals surface area contributed by atoms with E-state index in [0.29, 0.717) is 42.2 Å². The molecule has 0 aliphatic carbocycles. The summed E-state index contributed by atoms with van der Waals surface area (Å²) in [4.78, 5) is 29.1. The average molecular weight is 402 g/mol. The van der Waals surface area contributed by atoms with Gasteiger partial charge in [-0.15, -0.1) is 0 Å². The van der Waals surface area contributed by atoms with Gasteiger partial charge in [-0.3, -0.25) is 9.59 Å². The number of anilines is 1. The largest absolute Gasteiger partial charge is 0.351 e. The molecule has 2 aromatic rings. The lowest BCUT2D eigenvalue weighted by Crippen LogP contribution is -2.67. The maximum absolute atomic E-state index is 13.5. The van der Waals surface area contributed by atoms with E-state index in [1.807, 2.05) is 35.0 Å². The van der Waals surface area contributed by atoms with Crippen LogP contribution in [-0.4, -0.2) is 42.5 Å². The van der Waals surface area contributed by atoms with E-state index in [4.69, 9.17) is 11.6 Å². The van der Waals surface area contributed by atoms with Crippen molar-refractivity contribution in [3.8, 4) is 0 Å². The number of hydrogen-bond donors (Lipinski definition) is 1. The van der Waals surface area contributed by atoms with Gasteiger partial charge in [0.2, 0.25) is 5.91 Å². The van der Waals surface area contributed by atoms with Gasteiger partial charge in [0.05, 0.1) is 17.7 Å². The molecular weight excluding hydrogens is 381 g/mol. The molecule has 2 amide bonds. The smallest absolute Gasteiger partial charge is 0.255 e. The van der Waals surface area contributed by atoms with Crippen LogP contribution in [-0.2, 0) is 11.2 Å². The summed E-state index contributed by atoms with van der Waals surface area (Å²) in [5, 5.41) is 3.63. The second kappa shape index (κ2) is 7.09. The maximum atomic E-state index is 13.5. The lowest BCUT2D eigenvalue weighted by Gasteiger charge is -2.51. The number of amides is 2. The van der Waals surface area contributed by atoms with E-state index in [-0.39, 0.29) is 18.2 Å². The van der Waals surface area contributed by atoms with Gasteiger partial charge < -0.3 is 15.1 Å². The molecule has 5 nitrogen and oxygen atoms in total. The highest BCUT2D eigenvalue weighted by Crippen LogP contribution is 2.36. The van der Waals surface area contributed by atoms with E-state index >= 15 is 0 Å². The second-order valence-electron chi connectivity index (χ2n) is 7.36. The number of halogens is 2. The third kappa shape index (κ3) is 3.22. The number of rotatable bonds is 2. The number of benzene rings is 2. The van der Waals surface area contributed by atoms with Crippen molar-refractivity contribution in [3.05, 3.63) is 64.4 Å². The molecule has 0 aromatic heterocycles. The van der Waals surface area contributed by atoms with Gasteiger partial charge in [-0.1, -0.05) is 29.8 Å². The second-order valence-corrected chi connectivity index (χ2v) is 7.76. The maximum Gasteiger partial charge on any atom is 0.255 e. The molecule has 0 radical (unpaired) electrons. The standard InChI is InChI=1S/C21H21ClFN3O2/c1-25-18-7-6-15(23)13-16(18)20(28)24-21(25)8-10-26(11-9-21)19(27)12-14-4-2-3-5-17(14)22/h2-7,13H,8-12H2,1H3,(H,24,28). The first-order valence-corrected chi connectivity index (χ1v) is 9.64. The van der Waals surface area contributed by atoms with Crippen LogP contribution in [0.4, 0.5) is 10.1 Å². The summed E-state index contributed by atoms with van der Waals surface area (Å²) < 4.78 is 13.5. The molecule has 1 spiro atoms. The van der Waals surface area contributed by atoms with Crippen molar-refractivity contribution in [1.82, 2.24) is 10.2 Å². The molecule has 146 valence electrons. The van der Waals surface area contributed by atoms with Crippen LogP contribution in [0.3, 0.4) is 0 Å². The van der Waals surface area contributed by atoms with Crippen LogP contribution in [0.1, 0.15) is 28.8 Å². The lowest BCUT2D eigenvalue weighted by molar-refractivity contribution is -0.132. The zero-order chi connectivity index (χ0) is 19.9. The molecule has 0 saturated carbocycles. The summed E-state index contributed by atoms with van der Waals surface area (Å²) in [6.07, 6.45) is 1.46. The molecule has 28 heavy (non-hydrogen) atoms. The molecule has 1 N–H and O–H groups in total. The van der Waals surface area contributed by atoms with Gasteiger partial charge in [-0.05, 0) is 29.8 Å². The Morgan fingerprint density at radius 1 is 1.21 bits per heavy atom. The summed E-state index contributed by atoms with van der Waals surface area (Å²) in [5.74, 6) is -0.683. The van der Waals surface area contributed by atoms with Crippen LogP contribution in [0.5, 0.6) is 0 Å². The SMILES string of the molecule is CN1c2ccc(F)cc2C(=O)NC12CCN(C(=O)Cc1ccccc1Cl)CC2. The zero-order valence-corrected chi connectivity index (χ0v) is 16.3. The Bertz CT molecular complexity index is 941. The first kappa shape index (κ1) is 18.7. The van der Waals surface area contributed by atoms with Crippen molar-refractivity contribution >= 4 is 29.1 Å². The van der Waals surface area contributed by atoms with Crippen molar-refractivity contribution in [2.45, 2.75) is 24.9 Å². The minimum atomic E-state index is -0.566. The molecule has 0 unspecified atom stereocenters. The Kier molecular flexibility index (Phi) is 4.75. The molecule has 0 atom stereocenters. The van der Waals surface area contributed by atoms with E-state index < -0.39 is 11.5 Å². The Labute approximate surface area is 168 Å². The van der Waals surface area contributed by atoms with Gasteiger partial charge in [-0.25, -0.2) is 4.39 Å². The number of carbonyl (C=O) groups is 2. The molecule has 2 heterocycles. The molecule has 2 aromatic carbocycles. The molecule has 4 rings (SSSR count). The zero-order valence-electron chi connectivity index (χ0n) is 15.5. The van der Waals surface area contributed by atoms with E-state index in [1.165, 1.54) is 12.1 Å². The highest BCUT2D eigenvalue weighted by molar-refractivity contribution is 6.31. The van der Waals surface area contributed by atoms with Crippen molar-refractivity contribution in [3.63, 3.8) is 0 Å². The molecule has 2 aliphatic heterocycles. The van der Waals surface area contributed by atoms with Crippen LogP contribution in [0, 0.1) is 5.82 Å². The Hall–Kier alpha value is -2.60. The third-order valence-electron chi connectivity index (χ3n) is 5.80. The van der Waals surface area contributed by atoms with E-state index in [2.05, 4.69) is 5.32 Å². The van der Waals surface area contributed by atoms with Crippen molar-refractivity contribution in [1.29, 1.82) is 0 Å². The monoisotopic (exact) mass is 401 g/mol. The van der Waals surface area contributed by atoms with Crippen LogP contribution >= 0.6 is 11.6 Å². The minimum absolute atomic E-state index is 0.0233. The van der Waals surface area contributed by atoms with Crippen molar-refractivity contribution < 1.29 is 14.0 Å². The number of nitrogens with zero attached hydrogens (tertiary/aromatic N) is 2. The predicted molar refractivity (Wildman–Crippen MR) is 106 cm³/mol. The summed E-state index contributed by atoms with van der Waals surface area (Å²) in [6, 6.07) is 11.6. The summed E-state index contributed by atoms with van der Waals surface area (Å²) in [5.41, 5.74) is 1.29. The number of piperidine rings is 1. The van der Waals surface area contributed by atoms with Crippen LogP contribution in [0.25, 0.3) is 0 Å². The van der Waals surface area contributed by atoms with E-state index in [0.717, 1.165) is 5.56 Å². The fraction of sp³-hybridized carbons (Fsp3) is 0.333. The normalized spacial score (nSPS) is 18.0. The van der Waals surface area contributed by atoms with Crippen molar-refractivity contribution in [2.75, 3.05) is 25.0 Å².